The summed E-state index contributed by atoms with van der Waals surface area (Å²) in [5.74, 6) is -1.35. The van der Waals surface area contributed by atoms with Crippen LogP contribution in [-0.2, 0) is 9.59 Å². The Morgan fingerprint density at radius 1 is 1.03 bits per heavy atom. The second-order valence-corrected chi connectivity index (χ2v) is 7.01. The minimum Gasteiger partial charge on any atom is -0.457 e. The average molecular weight is 425 g/mol. The van der Waals surface area contributed by atoms with E-state index >= 15 is 0 Å². The lowest BCUT2D eigenvalue weighted by molar-refractivity contribution is -0.122. The van der Waals surface area contributed by atoms with E-state index in [0.717, 1.165) is 10.5 Å². The van der Waals surface area contributed by atoms with Crippen molar-refractivity contribution in [2.45, 2.75) is 6.92 Å². The van der Waals surface area contributed by atoms with E-state index in [9.17, 15) is 18.8 Å². The van der Waals surface area contributed by atoms with E-state index in [1.807, 2.05) is 0 Å². The first-order chi connectivity index (χ1) is 14.3. The molecule has 4 amide bonds. The van der Waals surface area contributed by atoms with Crippen LogP contribution in [0.1, 0.15) is 11.3 Å². The molecule has 2 aromatic carbocycles. The lowest BCUT2D eigenvalue weighted by atomic mass is 10.1. The van der Waals surface area contributed by atoms with Crippen LogP contribution in [0.2, 0.25) is 5.02 Å². The summed E-state index contributed by atoms with van der Waals surface area (Å²) in [7, 11) is 0. The monoisotopic (exact) mass is 424 g/mol. The molecular formula is C22H14ClFN2O4. The molecule has 1 saturated heterocycles. The van der Waals surface area contributed by atoms with Crippen molar-refractivity contribution in [1.82, 2.24) is 5.32 Å². The largest absolute Gasteiger partial charge is 0.457 e. The van der Waals surface area contributed by atoms with Crippen molar-refractivity contribution >= 4 is 41.2 Å². The molecule has 4 rings (SSSR count). The van der Waals surface area contributed by atoms with E-state index in [4.69, 9.17) is 16.0 Å². The van der Waals surface area contributed by atoms with Gasteiger partial charge in [0.15, 0.2) is 0 Å². The Bertz CT molecular complexity index is 1210. The topological polar surface area (TPSA) is 79.6 Å². The van der Waals surface area contributed by atoms with Crippen LogP contribution in [0, 0.1) is 12.7 Å². The molecule has 0 radical (unpaired) electrons. The lowest BCUT2D eigenvalue weighted by Gasteiger charge is -2.26. The summed E-state index contributed by atoms with van der Waals surface area (Å²) in [6.45, 7) is 1.79. The number of nitrogens with one attached hydrogen (secondary N) is 1. The van der Waals surface area contributed by atoms with Crippen molar-refractivity contribution < 1.29 is 23.2 Å². The molecule has 1 aliphatic rings. The number of anilines is 1. The molecule has 0 aliphatic carbocycles. The number of furan rings is 1. The first-order valence-electron chi connectivity index (χ1n) is 8.87. The lowest BCUT2D eigenvalue weighted by Crippen LogP contribution is -2.54. The number of hydrogen-bond acceptors (Lipinski definition) is 4. The van der Waals surface area contributed by atoms with Crippen LogP contribution in [-0.4, -0.2) is 17.8 Å². The zero-order valence-electron chi connectivity index (χ0n) is 15.6. The van der Waals surface area contributed by atoms with Crippen LogP contribution in [0.15, 0.2) is 64.6 Å². The maximum Gasteiger partial charge on any atom is 0.335 e. The molecule has 1 aromatic heterocycles. The average Bonchev–Trinajstić information content (AvgIpc) is 3.17. The molecule has 0 atom stereocenters. The second-order valence-electron chi connectivity index (χ2n) is 6.60. The molecule has 1 aliphatic heterocycles. The third-order valence-electron chi connectivity index (χ3n) is 4.56. The summed E-state index contributed by atoms with van der Waals surface area (Å²) in [4.78, 5) is 38.3. The van der Waals surface area contributed by atoms with Gasteiger partial charge in [-0.1, -0.05) is 17.7 Å². The molecular weight excluding hydrogens is 411 g/mol. The van der Waals surface area contributed by atoms with Crippen LogP contribution in [0.25, 0.3) is 17.4 Å². The van der Waals surface area contributed by atoms with Crippen molar-refractivity contribution in [2.75, 3.05) is 4.90 Å². The minimum absolute atomic E-state index is 0.226. The zero-order chi connectivity index (χ0) is 21.4. The molecule has 2 heterocycles. The van der Waals surface area contributed by atoms with Gasteiger partial charge in [0.2, 0.25) is 0 Å². The number of urea groups is 1. The summed E-state index contributed by atoms with van der Waals surface area (Å²) in [6.07, 6.45) is 1.25. The number of benzene rings is 2. The second kappa shape index (κ2) is 7.61. The summed E-state index contributed by atoms with van der Waals surface area (Å²) < 4.78 is 18.8. The van der Waals surface area contributed by atoms with Gasteiger partial charge in [-0.25, -0.2) is 14.1 Å². The molecule has 0 bridgehead atoms. The molecule has 30 heavy (non-hydrogen) atoms. The number of imide groups is 2. The Labute approximate surface area is 175 Å². The van der Waals surface area contributed by atoms with E-state index < -0.39 is 17.8 Å². The number of carbonyl (C=O) groups is 3. The van der Waals surface area contributed by atoms with Crippen LogP contribution in [0.5, 0.6) is 0 Å². The zero-order valence-corrected chi connectivity index (χ0v) is 16.4. The SMILES string of the molecule is Cc1ccc(N2C(=O)NC(=O)/C(=C/c3ccc(-c4ccc(F)cc4)o3)C2=O)cc1Cl. The van der Waals surface area contributed by atoms with Gasteiger partial charge in [0, 0.05) is 10.6 Å². The van der Waals surface area contributed by atoms with Gasteiger partial charge in [-0.05, 0) is 67.1 Å². The molecule has 8 heteroatoms. The number of amides is 4. The Balaban J connectivity index is 1.67. The quantitative estimate of drug-likeness (QED) is 0.487. The number of nitrogens with zero attached hydrogens (tertiary/aromatic N) is 1. The minimum atomic E-state index is -0.867. The molecule has 6 nitrogen and oxygen atoms in total. The van der Waals surface area contributed by atoms with Crippen molar-refractivity contribution in [3.63, 3.8) is 0 Å². The molecule has 1 N–H and O–H groups in total. The number of halogens is 2. The third kappa shape index (κ3) is 3.62. The standard InChI is InChI=1S/C22H14ClFN2O4/c1-12-2-7-15(10-18(12)23)26-21(28)17(20(27)25-22(26)29)11-16-8-9-19(30-16)13-3-5-14(24)6-4-13/h2-11H,1H3,(H,25,27,29)/b17-11-. The molecule has 150 valence electrons. The van der Waals surface area contributed by atoms with Gasteiger partial charge in [0.1, 0.15) is 22.9 Å². The van der Waals surface area contributed by atoms with Crippen LogP contribution in [0.4, 0.5) is 14.9 Å². The number of barbiturate groups is 1. The van der Waals surface area contributed by atoms with Crippen molar-refractivity contribution in [3.05, 3.63) is 82.3 Å². The van der Waals surface area contributed by atoms with Crippen molar-refractivity contribution in [2.24, 2.45) is 0 Å². The maximum absolute atomic E-state index is 13.1. The summed E-state index contributed by atoms with van der Waals surface area (Å²) >= 11 is 6.10. The number of rotatable bonds is 3. The normalized spacial score (nSPS) is 15.6. The Morgan fingerprint density at radius 3 is 2.47 bits per heavy atom. The Hall–Kier alpha value is -3.71. The number of aryl methyl sites for hydroxylation is 1. The molecule has 0 unspecified atom stereocenters. The predicted octanol–water partition coefficient (Wildman–Crippen LogP) is 4.71. The molecule has 3 aromatic rings. The Kier molecular flexibility index (Phi) is 4.97. The highest BCUT2D eigenvalue weighted by Crippen LogP contribution is 2.28. The number of hydrogen-bond donors (Lipinski definition) is 1. The summed E-state index contributed by atoms with van der Waals surface area (Å²) in [5, 5.41) is 2.52. The fourth-order valence-corrected chi connectivity index (χ4v) is 3.13. The van der Waals surface area contributed by atoms with Crippen LogP contribution in [0.3, 0.4) is 0 Å². The summed E-state index contributed by atoms with van der Waals surface area (Å²) in [6, 6.07) is 12.7. The first kappa shape index (κ1) is 19.6. The molecule has 1 fully saturated rings. The highest BCUT2D eigenvalue weighted by molar-refractivity contribution is 6.39. The smallest absolute Gasteiger partial charge is 0.335 e. The fraction of sp³-hybridized carbons (Fsp3) is 0.0455. The van der Waals surface area contributed by atoms with Gasteiger partial charge < -0.3 is 4.42 Å². The molecule has 0 saturated carbocycles. The fourth-order valence-electron chi connectivity index (χ4n) is 2.95. The highest BCUT2D eigenvalue weighted by Gasteiger charge is 2.37. The van der Waals surface area contributed by atoms with Crippen molar-refractivity contribution in [1.29, 1.82) is 0 Å². The van der Waals surface area contributed by atoms with E-state index in [1.165, 1.54) is 24.3 Å². The highest BCUT2D eigenvalue weighted by atomic mass is 35.5. The van der Waals surface area contributed by atoms with E-state index in [0.29, 0.717) is 16.3 Å². The number of carbonyl (C=O) groups excluding carboxylic acids is 3. The predicted molar refractivity (Wildman–Crippen MR) is 109 cm³/mol. The van der Waals surface area contributed by atoms with Gasteiger partial charge in [0.25, 0.3) is 11.8 Å². The maximum atomic E-state index is 13.1. The van der Waals surface area contributed by atoms with Crippen LogP contribution >= 0.6 is 11.6 Å². The third-order valence-corrected chi connectivity index (χ3v) is 4.96. The van der Waals surface area contributed by atoms with E-state index in [1.54, 1.807) is 43.3 Å². The van der Waals surface area contributed by atoms with Gasteiger partial charge in [-0.3, -0.25) is 14.9 Å². The van der Waals surface area contributed by atoms with Crippen molar-refractivity contribution in [3.8, 4) is 11.3 Å². The molecule has 0 spiro atoms. The van der Waals surface area contributed by atoms with E-state index in [-0.39, 0.29) is 22.8 Å². The summed E-state index contributed by atoms with van der Waals surface area (Å²) in [5.41, 5.74) is 1.37. The van der Waals surface area contributed by atoms with Gasteiger partial charge in [-0.15, -0.1) is 0 Å². The first-order valence-corrected chi connectivity index (χ1v) is 9.24. The van der Waals surface area contributed by atoms with Gasteiger partial charge in [-0.2, -0.15) is 0 Å². The van der Waals surface area contributed by atoms with Gasteiger partial charge in [0.05, 0.1) is 5.69 Å². The van der Waals surface area contributed by atoms with Crippen LogP contribution < -0.4 is 10.2 Å². The Morgan fingerprint density at radius 2 is 1.77 bits per heavy atom. The van der Waals surface area contributed by atoms with Gasteiger partial charge >= 0.3 is 6.03 Å². The van der Waals surface area contributed by atoms with E-state index in [2.05, 4.69) is 5.32 Å².